The molecule has 0 aromatic heterocycles. The van der Waals surface area contributed by atoms with Crippen molar-refractivity contribution < 1.29 is 24.5 Å². The van der Waals surface area contributed by atoms with Crippen LogP contribution in [0.2, 0.25) is 0 Å². The second-order valence-electron chi connectivity index (χ2n) is 26.0. The number of carbonyl (C=O) groups excluding carboxylic acids is 2. The monoisotopic (exact) mass is 1150 g/mol. The van der Waals surface area contributed by atoms with Crippen LogP contribution in [-0.4, -0.2) is 47.4 Å². The van der Waals surface area contributed by atoms with Crippen molar-refractivity contribution in [2.75, 3.05) is 13.2 Å². The van der Waals surface area contributed by atoms with E-state index in [2.05, 4.69) is 43.5 Å². The minimum absolute atomic E-state index is 0.00492. The fourth-order valence-corrected chi connectivity index (χ4v) is 12.0. The van der Waals surface area contributed by atoms with Crippen LogP contribution in [0, 0.1) is 0 Å². The fourth-order valence-electron chi connectivity index (χ4n) is 12.0. The summed E-state index contributed by atoms with van der Waals surface area (Å²) in [6.07, 6.45) is 91.1. The molecule has 0 fully saturated rings. The normalized spacial score (nSPS) is 12.6. The van der Waals surface area contributed by atoms with Crippen LogP contribution in [0.25, 0.3) is 0 Å². The molecule has 0 radical (unpaired) electrons. The first-order valence-electron chi connectivity index (χ1n) is 37.6. The molecule has 0 rings (SSSR count). The Bertz CT molecular complexity index is 1280. The Morgan fingerprint density at radius 3 is 0.976 bits per heavy atom. The number of nitrogens with one attached hydrogen (secondary N) is 1. The predicted molar refractivity (Wildman–Crippen MR) is 361 cm³/mol. The maximum atomic E-state index is 12.6. The Kier molecular flexibility index (Phi) is 70.4. The van der Waals surface area contributed by atoms with E-state index in [1.54, 1.807) is 0 Å². The highest BCUT2D eigenvalue weighted by Gasteiger charge is 2.20. The molecule has 0 spiro atoms. The molecular formula is C76H147NO5. The van der Waals surface area contributed by atoms with Gasteiger partial charge in [0.15, 0.2) is 0 Å². The Morgan fingerprint density at radius 2 is 0.634 bits per heavy atom. The van der Waals surface area contributed by atoms with Gasteiger partial charge in [0.1, 0.15) is 0 Å². The first-order valence-corrected chi connectivity index (χ1v) is 37.6. The lowest BCUT2D eigenvalue weighted by atomic mass is 10.0. The van der Waals surface area contributed by atoms with Gasteiger partial charge < -0.3 is 20.3 Å². The Labute approximate surface area is 513 Å². The molecule has 82 heavy (non-hydrogen) atoms. The largest absolute Gasteiger partial charge is 0.466 e. The maximum absolute atomic E-state index is 12.6. The smallest absolute Gasteiger partial charge is 0.305 e. The summed E-state index contributed by atoms with van der Waals surface area (Å²) in [6.45, 7) is 4.93. The Morgan fingerprint density at radius 1 is 0.341 bits per heavy atom. The lowest BCUT2D eigenvalue weighted by Crippen LogP contribution is -2.45. The number of esters is 1. The summed E-state index contributed by atoms with van der Waals surface area (Å²) in [5, 5.41) is 23.5. The van der Waals surface area contributed by atoms with Gasteiger partial charge in [-0.3, -0.25) is 9.59 Å². The number of hydrogen-bond acceptors (Lipinski definition) is 5. The van der Waals surface area contributed by atoms with Crippen LogP contribution in [0.4, 0.5) is 0 Å². The van der Waals surface area contributed by atoms with Gasteiger partial charge in [-0.25, -0.2) is 0 Å². The summed E-state index contributed by atoms with van der Waals surface area (Å²) >= 11 is 0. The molecule has 0 aliphatic heterocycles. The molecule has 0 bridgehead atoms. The first-order chi connectivity index (χ1) is 40.5. The van der Waals surface area contributed by atoms with Crippen LogP contribution in [0.1, 0.15) is 425 Å². The van der Waals surface area contributed by atoms with Gasteiger partial charge in [-0.2, -0.15) is 0 Å². The first kappa shape index (κ1) is 80.3. The Hall–Kier alpha value is -1.66. The average molecular weight is 1160 g/mol. The van der Waals surface area contributed by atoms with E-state index in [0.717, 1.165) is 51.4 Å². The maximum Gasteiger partial charge on any atom is 0.305 e. The third-order valence-electron chi connectivity index (χ3n) is 17.7. The van der Waals surface area contributed by atoms with Gasteiger partial charge in [0.05, 0.1) is 25.4 Å². The van der Waals surface area contributed by atoms with Crippen LogP contribution in [0.5, 0.6) is 0 Å². The average Bonchev–Trinajstić information content (AvgIpc) is 3.48. The molecule has 0 saturated heterocycles. The van der Waals surface area contributed by atoms with E-state index in [1.807, 2.05) is 0 Å². The van der Waals surface area contributed by atoms with Gasteiger partial charge in [0, 0.05) is 12.8 Å². The van der Waals surface area contributed by atoms with E-state index >= 15 is 0 Å². The van der Waals surface area contributed by atoms with Crippen LogP contribution in [0.15, 0.2) is 24.3 Å². The minimum Gasteiger partial charge on any atom is -0.466 e. The van der Waals surface area contributed by atoms with Crippen LogP contribution >= 0.6 is 0 Å². The highest BCUT2D eigenvalue weighted by Crippen LogP contribution is 2.20. The predicted octanol–water partition coefficient (Wildman–Crippen LogP) is 24.5. The van der Waals surface area contributed by atoms with Crippen molar-refractivity contribution in [3.05, 3.63) is 24.3 Å². The fraction of sp³-hybridized carbons (Fsp3) is 0.921. The van der Waals surface area contributed by atoms with Crippen LogP contribution < -0.4 is 5.32 Å². The number of aliphatic hydroxyl groups is 2. The Balaban J connectivity index is 3.35. The summed E-state index contributed by atoms with van der Waals surface area (Å²) < 4.78 is 5.48. The molecule has 0 aromatic carbocycles. The number of allylic oxidation sites excluding steroid dienone is 4. The van der Waals surface area contributed by atoms with Crippen molar-refractivity contribution in [1.82, 2.24) is 5.32 Å². The van der Waals surface area contributed by atoms with Crippen molar-refractivity contribution in [2.45, 2.75) is 437 Å². The van der Waals surface area contributed by atoms with Gasteiger partial charge in [-0.15, -0.1) is 0 Å². The molecule has 0 saturated carbocycles. The summed E-state index contributed by atoms with van der Waals surface area (Å²) in [5.74, 6) is -0.0213. The third-order valence-corrected chi connectivity index (χ3v) is 17.7. The van der Waals surface area contributed by atoms with E-state index < -0.39 is 12.1 Å². The number of amides is 1. The molecular weight excluding hydrogens is 1010 g/mol. The second kappa shape index (κ2) is 71.8. The molecule has 2 unspecified atom stereocenters. The van der Waals surface area contributed by atoms with E-state index in [0.29, 0.717) is 25.9 Å². The van der Waals surface area contributed by atoms with Gasteiger partial charge in [-0.05, 0) is 51.4 Å². The molecule has 0 aliphatic rings. The van der Waals surface area contributed by atoms with Crippen molar-refractivity contribution in [3.63, 3.8) is 0 Å². The summed E-state index contributed by atoms with van der Waals surface area (Å²) in [4.78, 5) is 24.6. The van der Waals surface area contributed by atoms with E-state index in [-0.39, 0.29) is 18.5 Å². The highest BCUT2D eigenvalue weighted by atomic mass is 16.5. The van der Waals surface area contributed by atoms with Crippen LogP contribution in [0.3, 0.4) is 0 Å². The molecule has 3 N–H and O–H groups in total. The molecule has 2 atom stereocenters. The van der Waals surface area contributed by atoms with Gasteiger partial charge in [0.25, 0.3) is 0 Å². The third kappa shape index (κ3) is 67.5. The molecule has 6 heteroatoms. The van der Waals surface area contributed by atoms with Crippen molar-refractivity contribution in [3.8, 4) is 0 Å². The second-order valence-corrected chi connectivity index (χ2v) is 26.0. The van der Waals surface area contributed by atoms with Gasteiger partial charge >= 0.3 is 5.97 Å². The zero-order valence-electron chi connectivity index (χ0n) is 55.8. The highest BCUT2D eigenvalue weighted by molar-refractivity contribution is 5.76. The lowest BCUT2D eigenvalue weighted by molar-refractivity contribution is -0.143. The molecule has 0 heterocycles. The lowest BCUT2D eigenvalue weighted by Gasteiger charge is -2.22. The molecule has 486 valence electrons. The number of carbonyl (C=O) groups is 2. The number of ether oxygens (including phenoxy) is 1. The number of unbranched alkanes of at least 4 members (excludes halogenated alkanes) is 56. The van der Waals surface area contributed by atoms with E-state index in [4.69, 9.17) is 4.74 Å². The number of rotatable bonds is 71. The van der Waals surface area contributed by atoms with Crippen LogP contribution in [-0.2, 0) is 14.3 Å². The van der Waals surface area contributed by atoms with Crippen molar-refractivity contribution >= 4 is 11.9 Å². The van der Waals surface area contributed by atoms with Gasteiger partial charge in [-0.1, -0.05) is 385 Å². The standard InChI is InChI=1S/C76H147NO5/c1-3-5-7-9-11-13-15-17-18-19-20-21-29-32-35-38-41-45-48-52-56-60-64-68-74(79)73(72-78)77-75(80)69-65-61-57-53-49-46-42-39-36-33-30-27-25-23-22-24-26-28-31-34-37-40-43-47-51-55-59-63-67-71-82-76(81)70-66-62-58-54-50-44-16-14-12-10-8-6-4-2/h8,10,14,16,73-74,78-79H,3-7,9,11-13,15,17-72H2,1-2H3,(H,77,80)/b10-8-,16-14-. The van der Waals surface area contributed by atoms with Crippen molar-refractivity contribution in [1.29, 1.82) is 0 Å². The molecule has 6 nitrogen and oxygen atoms in total. The zero-order chi connectivity index (χ0) is 59.2. The summed E-state index contributed by atoms with van der Waals surface area (Å²) in [7, 11) is 0. The number of hydrogen-bond donors (Lipinski definition) is 3. The van der Waals surface area contributed by atoms with Gasteiger partial charge in [0.2, 0.25) is 5.91 Å². The SMILES string of the molecule is CCC/C=C\C/C=C\CCCCCCCC(=O)OCCCCCCCCCCCCCCCCCCCCCCCCCCCCCCCC(=O)NC(CO)C(O)CCCCCCCCCCCCCCCCCCCCCCCCC. The summed E-state index contributed by atoms with van der Waals surface area (Å²) in [5.41, 5.74) is 0. The van der Waals surface area contributed by atoms with Crippen molar-refractivity contribution in [2.24, 2.45) is 0 Å². The zero-order valence-corrected chi connectivity index (χ0v) is 55.8. The molecule has 0 aliphatic carbocycles. The van der Waals surface area contributed by atoms with E-state index in [1.165, 1.54) is 340 Å². The molecule has 0 aromatic rings. The molecule has 1 amide bonds. The van der Waals surface area contributed by atoms with E-state index in [9.17, 15) is 19.8 Å². The number of aliphatic hydroxyl groups excluding tert-OH is 2. The minimum atomic E-state index is -0.663. The topological polar surface area (TPSA) is 95.9 Å². The summed E-state index contributed by atoms with van der Waals surface area (Å²) in [6, 6.07) is -0.540. The quantitative estimate of drug-likeness (QED) is 0.0320.